The van der Waals surface area contributed by atoms with Crippen molar-refractivity contribution in [2.75, 3.05) is 18.8 Å². The Hall–Kier alpha value is -2.80. The minimum absolute atomic E-state index is 0.175. The number of hydrogen-bond donors (Lipinski definition) is 1. The number of aryl methyl sites for hydroxylation is 1. The minimum Gasteiger partial charge on any atom is -0.350 e. The fraction of sp³-hybridized carbons (Fsp3) is 0.400. The van der Waals surface area contributed by atoms with E-state index >= 15 is 0 Å². The number of benzene rings is 2. The number of nitrogens with zero attached hydrogens (tertiary/aromatic N) is 5. The summed E-state index contributed by atoms with van der Waals surface area (Å²) in [6.45, 7) is 6.71. The van der Waals surface area contributed by atoms with Crippen molar-refractivity contribution in [2.45, 2.75) is 37.8 Å². The van der Waals surface area contributed by atoms with Gasteiger partial charge in [-0.3, -0.25) is 0 Å². The Balaban J connectivity index is 1.44. The first kappa shape index (κ1) is 22.4. The Kier molecular flexibility index (Phi) is 7.47. The van der Waals surface area contributed by atoms with Crippen molar-refractivity contribution in [2.24, 2.45) is 18.0 Å². The first-order valence-corrected chi connectivity index (χ1v) is 12.2. The van der Waals surface area contributed by atoms with Gasteiger partial charge >= 0.3 is 0 Å². The van der Waals surface area contributed by atoms with E-state index in [4.69, 9.17) is 4.99 Å². The molecular formula is C25H32N6S. The van der Waals surface area contributed by atoms with E-state index in [9.17, 15) is 0 Å². The molecule has 6 nitrogen and oxygen atoms in total. The lowest BCUT2D eigenvalue weighted by Gasteiger charge is -2.25. The molecule has 0 bridgehead atoms. The standard InChI is InChI=1S/C25H32N6S/c1-19(22-10-6-4-7-11-22)27-25(26-16-24-29-28-20(2)30(24)3)31-15-14-21(17-31)18-32-23-12-8-5-9-13-23/h4-13,19,21H,14-18H2,1-3H3,(H,26,27). The largest absolute Gasteiger partial charge is 0.350 e. The zero-order valence-electron chi connectivity index (χ0n) is 19.1. The van der Waals surface area contributed by atoms with Crippen molar-refractivity contribution in [3.8, 4) is 0 Å². The fourth-order valence-electron chi connectivity index (χ4n) is 3.88. The van der Waals surface area contributed by atoms with E-state index in [1.54, 1.807) is 0 Å². The van der Waals surface area contributed by atoms with Crippen molar-refractivity contribution in [1.82, 2.24) is 25.0 Å². The molecule has 1 aliphatic rings. The van der Waals surface area contributed by atoms with E-state index in [2.05, 4.69) is 88.0 Å². The molecule has 7 heteroatoms. The topological polar surface area (TPSA) is 58.3 Å². The van der Waals surface area contributed by atoms with Gasteiger partial charge in [0.2, 0.25) is 0 Å². The van der Waals surface area contributed by atoms with Gasteiger partial charge in [0.1, 0.15) is 12.4 Å². The maximum atomic E-state index is 4.97. The van der Waals surface area contributed by atoms with Crippen LogP contribution in [0.2, 0.25) is 0 Å². The van der Waals surface area contributed by atoms with Gasteiger partial charge in [0.25, 0.3) is 0 Å². The predicted molar refractivity (Wildman–Crippen MR) is 132 cm³/mol. The highest BCUT2D eigenvalue weighted by atomic mass is 32.2. The molecule has 2 unspecified atom stereocenters. The molecule has 0 aliphatic carbocycles. The average Bonchev–Trinajstić information content (AvgIpc) is 3.43. The summed E-state index contributed by atoms with van der Waals surface area (Å²) in [5, 5.41) is 12.1. The summed E-state index contributed by atoms with van der Waals surface area (Å²) in [6.07, 6.45) is 1.18. The van der Waals surface area contributed by atoms with Gasteiger partial charge in [-0.2, -0.15) is 0 Å². The highest BCUT2D eigenvalue weighted by Gasteiger charge is 2.26. The maximum Gasteiger partial charge on any atom is 0.194 e. The molecule has 1 aliphatic heterocycles. The van der Waals surface area contributed by atoms with Crippen molar-refractivity contribution in [3.05, 3.63) is 77.9 Å². The summed E-state index contributed by atoms with van der Waals surface area (Å²) in [6, 6.07) is 21.4. The molecule has 32 heavy (non-hydrogen) atoms. The van der Waals surface area contributed by atoms with Crippen LogP contribution in [0.25, 0.3) is 0 Å². The van der Waals surface area contributed by atoms with Crippen LogP contribution < -0.4 is 5.32 Å². The van der Waals surface area contributed by atoms with E-state index in [1.165, 1.54) is 16.9 Å². The van der Waals surface area contributed by atoms with E-state index < -0.39 is 0 Å². The van der Waals surface area contributed by atoms with Crippen LogP contribution in [0.3, 0.4) is 0 Å². The number of nitrogens with one attached hydrogen (secondary N) is 1. The van der Waals surface area contributed by atoms with Crippen LogP contribution in [0, 0.1) is 12.8 Å². The van der Waals surface area contributed by atoms with Crippen molar-refractivity contribution in [3.63, 3.8) is 0 Å². The maximum absolute atomic E-state index is 4.97. The van der Waals surface area contributed by atoms with Crippen LogP contribution in [-0.4, -0.2) is 44.5 Å². The summed E-state index contributed by atoms with van der Waals surface area (Å²) in [7, 11) is 1.99. The molecule has 4 rings (SSSR count). The third-order valence-electron chi connectivity index (χ3n) is 6.01. The Morgan fingerprint density at radius 1 is 1.12 bits per heavy atom. The molecule has 0 amide bonds. The number of thioether (sulfide) groups is 1. The van der Waals surface area contributed by atoms with Gasteiger partial charge in [-0.25, -0.2) is 4.99 Å². The molecule has 0 radical (unpaired) electrons. The van der Waals surface area contributed by atoms with Gasteiger partial charge in [0, 0.05) is 30.8 Å². The number of likely N-dealkylation sites (tertiary alicyclic amines) is 1. The summed E-state index contributed by atoms with van der Waals surface area (Å²) < 4.78 is 2.00. The third-order valence-corrected chi connectivity index (χ3v) is 7.26. The molecular weight excluding hydrogens is 416 g/mol. The second kappa shape index (κ2) is 10.7. The summed E-state index contributed by atoms with van der Waals surface area (Å²) in [5.74, 6) is 4.52. The lowest BCUT2D eigenvalue weighted by Crippen LogP contribution is -2.41. The van der Waals surface area contributed by atoms with Crippen molar-refractivity contribution in [1.29, 1.82) is 0 Å². The summed E-state index contributed by atoms with van der Waals surface area (Å²) >= 11 is 1.95. The van der Waals surface area contributed by atoms with E-state index in [0.717, 1.165) is 36.5 Å². The Bertz CT molecular complexity index is 1020. The van der Waals surface area contributed by atoms with Gasteiger partial charge in [-0.05, 0) is 43.9 Å². The lowest BCUT2D eigenvalue weighted by molar-refractivity contribution is 0.461. The summed E-state index contributed by atoms with van der Waals surface area (Å²) in [4.78, 5) is 8.71. The SMILES string of the molecule is Cc1nnc(CN=C(NC(C)c2ccccc2)N2CCC(CSc3ccccc3)C2)n1C. The van der Waals surface area contributed by atoms with Crippen LogP contribution >= 0.6 is 11.8 Å². The second-order valence-electron chi connectivity index (χ2n) is 8.36. The van der Waals surface area contributed by atoms with Gasteiger partial charge < -0.3 is 14.8 Å². The molecule has 2 aromatic carbocycles. The van der Waals surface area contributed by atoms with Gasteiger partial charge in [0.15, 0.2) is 11.8 Å². The number of guanidine groups is 1. The highest BCUT2D eigenvalue weighted by molar-refractivity contribution is 7.99. The van der Waals surface area contributed by atoms with Gasteiger partial charge in [-0.1, -0.05) is 48.5 Å². The zero-order chi connectivity index (χ0) is 22.3. The average molecular weight is 449 g/mol. The first-order chi connectivity index (χ1) is 15.6. The molecule has 168 valence electrons. The summed E-state index contributed by atoms with van der Waals surface area (Å²) in [5.41, 5.74) is 1.25. The fourth-order valence-corrected chi connectivity index (χ4v) is 4.93. The van der Waals surface area contributed by atoms with Crippen molar-refractivity contribution < 1.29 is 0 Å². The molecule has 1 N–H and O–H groups in total. The normalized spacial score (nSPS) is 17.5. The molecule has 2 heterocycles. The van der Waals surface area contributed by atoms with Gasteiger partial charge in [-0.15, -0.1) is 22.0 Å². The van der Waals surface area contributed by atoms with Crippen LogP contribution in [-0.2, 0) is 13.6 Å². The van der Waals surface area contributed by atoms with Crippen LogP contribution in [0.4, 0.5) is 0 Å². The monoisotopic (exact) mass is 448 g/mol. The number of aromatic nitrogens is 3. The molecule has 1 saturated heterocycles. The highest BCUT2D eigenvalue weighted by Crippen LogP contribution is 2.26. The molecule has 2 atom stereocenters. The Morgan fingerprint density at radius 2 is 1.84 bits per heavy atom. The van der Waals surface area contributed by atoms with E-state index in [1.807, 2.05) is 30.3 Å². The number of rotatable bonds is 7. The van der Waals surface area contributed by atoms with E-state index in [0.29, 0.717) is 12.5 Å². The molecule has 1 aromatic heterocycles. The van der Waals surface area contributed by atoms with Crippen molar-refractivity contribution >= 4 is 17.7 Å². The first-order valence-electron chi connectivity index (χ1n) is 11.2. The van der Waals surface area contributed by atoms with E-state index in [-0.39, 0.29) is 6.04 Å². The molecule has 1 fully saturated rings. The minimum atomic E-state index is 0.175. The Labute approximate surface area is 195 Å². The number of aliphatic imine (C=N–C) groups is 1. The lowest BCUT2D eigenvalue weighted by atomic mass is 10.1. The number of hydrogen-bond acceptors (Lipinski definition) is 4. The molecule has 0 spiro atoms. The van der Waals surface area contributed by atoms with Crippen LogP contribution in [0.1, 0.15) is 36.6 Å². The Morgan fingerprint density at radius 3 is 2.53 bits per heavy atom. The smallest absolute Gasteiger partial charge is 0.194 e. The zero-order valence-corrected chi connectivity index (χ0v) is 19.9. The molecule has 0 saturated carbocycles. The molecule has 3 aromatic rings. The van der Waals surface area contributed by atoms with Crippen LogP contribution in [0.15, 0.2) is 70.6 Å². The predicted octanol–water partition coefficient (Wildman–Crippen LogP) is 4.44. The second-order valence-corrected chi connectivity index (χ2v) is 9.46. The quantitative estimate of drug-likeness (QED) is 0.329. The van der Waals surface area contributed by atoms with Gasteiger partial charge in [0.05, 0.1) is 6.04 Å². The third kappa shape index (κ3) is 5.71. The van der Waals surface area contributed by atoms with Crippen LogP contribution in [0.5, 0.6) is 0 Å².